The maximum atomic E-state index is 12.5. The van der Waals surface area contributed by atoms with Gasteiger partial charge in [-0.2, -0.15) is 0 Å². The van der Waals surface area contributed by atoms with Crippen molar-refractivity contribution in [2.45, 2.75) is 72.6 Å². The van der Waals surface area contributed by atoms with Crippen LogP contribution in [0.2, 0.25) is 0 Å². The lowest BCUT2D eigenvalue weighted by molar-refractivity contribution is -0.172. The first-order valence-corrected chi connectivity index (χ1v) is 9.27. The van der Waals surface area contributed by atoms with Gasteiger partial charge < -0.3 is 0 Å². The van der Waals surface area contributed by atoms with E-state index < -0.39 is 0 Å². The predicted octanol–water partition coefficient (Wildman–Crippen LogP) is 4.84. The second-order valence-electron chi connectivity index (χ2n) is 10.5. The summed E-state index contributed by atoms with van der Waals surface area (Å²) in [6.45, 7) is 9.66. The van der Waals surface area contributed by atoms with Crippen LogP contribution in [-0.2, 0) is 4.79 Å². The zero-order valence-corrected chi connectivity index (χ0v) is 14.2. The highest BCUT2D eigenvalue weighted by molar-refractivity contribution is 5.85. The molecule has 6 fully saturated rings. The zero-order valence-electron chi connectivity index (χ0n) is 14.2. The van der Waals surface area contributed by atoms with Crippen molar-refractivity contribution < 1.29 is 4.79 Å². The summed E-state index contributed by atoms with van der Waals surface area (Å²) in [5.74, 6) is 4.23. The van der Waals surface area contributed by atoms with Crippen LogP contribution in [0.1, 0.15) is 72.6 Å². The van der Waals surface area contributed by atoms with E-state index in [-0.39, 0.29) is 5.41 Å². The number of hydrogen-bond acceptors (Lipinski definition) is 1. The number of Topliss-reactive ketones (excluding diaryl/α,β-unsaturated/α-hetero) is 1. The van der Waals surface area contributed by atoms with Gasteiger partial charge in [0.15, 0.2) is 0 Å². The number of ketones is 1. The summed E-state index contributed by atoms with van der Waals surface area (Å²) < 4.78 is 0. The van der Waals surface area contributed by atoms with Crippen molar-refractivity contribution in [1.29, 1.82) is 0 Å². The molecule has 0 aromatic carbocycles. The van der Waals surface area contributed by atoms with Crippen LogP contribution in [0.25, 0.3) is 0 Å². The van der Waals surface area contributed by atoms with Crippen LogP contribution in [0.15, 0.2) is 0 Å². The van der Waals surface area contributed by atoms with Gasteiger partial charge in [-0.15, -0.1) is 0 Å². The van der Waals surface area contributed by atoms with E-state index >= 15 is 0 Å². The molecule has 0 radical (unpaired) electrons. The standard InChI is InChI=1S/C20H30O/c1-17(2)14-5-8-20-10-13-12(19(13,4)11-20)9-15(20)18(14,3)7-6-16(17)21/h12-15H,5-11H2,1-4H3/t12-,13+,14+,15-,18-,19-,20+/m1/s1. The van der Waals surface area contributed by atoms with Gasteiger partial charge in [-0.25, -0.2) is 0 Å². The molecule has 1 nitrogen and oxygen atoms in total. The van der Waals surface area contributed by atoms with Crippen molar-refractivity contribution in [2.75, 3.05) is 0 Å². The summed E-state index contributed by atoms with van der Waals surface area (Å²) in [6, 6.07) is 0. The largest absolute Gasteiger partial charge is 0.299 e. The molecule has 0 unspecified atom stereocenters. The summed E-state index contributed by atoms with van der Waals surface area (Å²) in [7, 11) is 0. The minimum Gasteiger partial charge on any atom is -0.299 e. The molecule has 0 amide bonds. The summed E-state index contributed by atoms with van der Waals surface area (Å²) >= 11 is 0. The van der Waals surface area contributed by atoms with Crippen LogP contribution in [-0.4, -0.2) is 5.78 Å². The molecule has 6 saturated carbocycles. The van der Waals surface area contributed by atoms with Crippen molar-refractivity contribution in [3.05, 3.63) is 0 Å². The number of hydrogen-bond donors (Lipinski definition) is 0. The lowest BCUT2D eigenvalue weighted by atomic mass is 9.39. The van der Waals surface area contributed by atoms with Gasteiger partial charge in [-0.1, -0.05) is 27.7 Å². The summed E-state index contributed by atoms with van der Waals surface area (Å²) in [5, 5.41) is 0. The third kappa shape index (κ3) is 1.23. The van der Waals surface area contributed by atoms with E-state index in [9.17, 15) is 4.79 Å². The Kier molecular flexibility index (Phi) is 2.06. The smallest absolute Gasteiger partial charge is 0.138 e. The van der Waals surface area contributed by atoms with Gasteiger partial charge in [-0.3, -0.25) is 4.79 Å². The first-order chi connectivity index (χ1) is 9.74. The van der Waals surface area contributed by atoms with Crippen molar-refractivity contribution >= 4 is 5.78 Å². The van der Waals surface area contributed by atoms with E-state index in [1.165, 1.54) is 38.5 Å². The molecule has 4 bridgehead atoms. The second-order valence-corrected chi connectivity index (χ2v) is 10.5. The third-order valence-corrected chi connectivity index (χ3v) is 9.66. The van der Waals surface area contributed by atoms with E-state index in [1.807, 2.05) is 0 Å². The molecule has 0 N–H and O–H groups in total. The van der Waals surface area contributed by atoms with E-state index in [2.05, 4.69) is 27.7 Å². The Labute approximate surface area is 129 Å². The normalized spacial score (nSPS) is 63.0. The van der Waals surface area contributed by atoms with Gasteiger partial charge in [0, 0.05) is 11.8 Å². The minimum absolute atomic E-state index is 0.0674. The molecule has 21 heavy (non-hydrogen) atoms. The van der Waals surface area contributed by atoms with Crippen molar-refractivity contribution in [3.63, 3.8) is 0 Å². The Morgan fingerprint density at radius 3 is 2.38 bits per heavy atom. The average molecular weight is 286 g/mol. The Balaban J connectivity index is 1.57. The average Bonchev–Trinajstić information content (AvgIpc) is 2.86. The maximum absolute atomic E-state index is 12.5. The van der Waals surface area contributed by atoms with Gasteiger partial charge in [0.25, 0.3) is 0 Å². The summed E-state index contributed by atoms with van der Waals surface area (Å²) in [5.41, 5.74) is 1.79. The molecule has 6 aliphatic carbocycles. The lowest BCUT2D eigenvalue weighted by Gasteiger charge is -2.64. The highest BCUT2D eigenvalue weighted by Gasteiger charge is 2.78. The summed E-state index contributed by atoms with van der Waals surface area (Å²) in [6.07, 6.45) is 9.33. The zero-order chi connectivity index (χ0) is 14.8. The predicted molar refractivity (Wildman–Crippen MR) is 83.7 cm³/mol. The fourth-order valence-electron chi connectivity index (χ4n) is 8.64. The van der Waals surface area contributed by atoms with Crippen LogP contribution in [0.5, 0.6) is 0 Å². The lowest BCUT2D eigenvalue weighted by Crippen LogP contribution is -2.59. The van der Waals surface area contributed by atoms with Crippen LogP contribution in [0, 0.1) is 45.3 Å². The molecule has 0 aliphatic heterocycles. The Bertz CT molecular complexity index is 548. The second kappa shape index (κ2) is 3.29. The Morgan fingerprint density at radius 1 is 0.952 bits per heavy atom. The molecular formula is C20H30O. The highest BCUT2D eigenvalue weighted by atomic mass is 16.1. The Hall–Kier alpha value is -0.330. The first-order valence-electron chi connectivity index (χ1n) is 9.27. The van der Waals surface area contributed by atoms with E-state index in [0.717, 1.165) is 29.6 Å². The number of fused-ring (bicyclic) bond motifs is 1. The molecule has 0 aromatic heterocycles. The van der Waals surface area contributed by atoms with Crippen LogP contribution >= 0.6 is 0 Å². The molecule has 1 heteroatoms. The van der Waals surface area contributed by atoms with Crippen molar-refractivity contribution in [1.82, 2.24) is 0 Å². The monoisotopic (exact) mass is 286 g/mol. The molecule has 1 spiro atoms. The number of carbonyl (C=O) groups is 1. The third-order valence-electron chi connectivity index (χ3n) is 9.66. The van der Waals surface area contributed by atoms with Gasteiger partial charge in [0.1, 0.15) is 5.78 Å². The quantitative estimate of drug-likeness (QED) is 0.622. The van der Waals surface area contributed by atoms with Crippen molar-refractivity contribution in [2.24, 2.45) is 45.3 Å². The van der Waals surface area contributed by atoms with Crippen LogP contribution in [0.4, 0.5) is 0 Å². The van der Waals surface area contributed by atoms with Gasteiger partial charge >= 0.3 is 0 Å². The molecular weight excluding hydrogens is 256 g/mol. The molecule has 6 aliphatic rings. The fourth-order valence-corrected chi connectivity index (χ4v) is 8.64. The summed E-state index contributed by atoms with van der Waals surface area (Å²) in [4.78, 5) is 12.5. The fraction of sp³-hybridized carbons (Fsp3) is 0.950. The molecule has 6 rings (SSSR count). The molecule has 0 aromatic rings. The molecule has 0 heterocycles. The number of carbonyl (C=O) groups excluding carboxylic acids is 1. The number of rotatable bonds is 0. The topological polar surface area (TPSA) is 17.1 Å². The minimum atomic E-state index is -0.0674. The van der Waals surface area contributed by atoms with Gasteiger partial charge in [0.2, 0.25) is 0 Å². The molecule has 7 atom stereocenters. The van der Waals surface area contributed by atoms with Crippen molar-refractivity contribution in [3.8, 4) is 0 Å². The van der Waals surface area contributed by atoms with E-state index in [1.54, 1.807) is 0 Å². The molecule has 0 saturated heterocycles. The van der Waals surface area contributed by atoms with Crippen LogP contribution in [0.3, 0.4) is 0 Å². The Morgan fingerprint density at radius 2 is 1.71 bits per heavy atom. The van der Waals surface area contributed by atoms with Gasteiger partial charge in [0.05, 0.1) is 0 Å². The van der Waals surface area contributed by atoms with Crippen LogP contribution < -0.4 is 0 Å². The highest BCUT2D eigenvalue weighted by Crippen LogP contribution is 2.85. The SMILES string of the molecule is CC1(C)C(=O)CC[C@]2(C)[C@H]1CC[C@@]13C[C@H]4[C@@H](C[C@@H]12)[C@@]4(C)C3. The first kappa shape index (κ1) is 13.1. The van der Waals surface area contributed by atoms with Gasteiger partial charge in [-0.05, 0) is 78.4 Å². The van der Waals surface area contributed by atoms with E-state index in [4.69, 9.17) is 0 Å². The maximum Gasteiger partial charge on any atom is 0.138 e. The van der Waals surface area contributed by atoms with E-state index in [0.29, 0.717) is 22.5 Å². The molecule has 116 valence electrons.